The van der Waals surface area contributed by atoms with Gasteiger partial charge in [0, 0.05) is 46.7 Å². The maximum Gasteiger partial charge on any atom is 0.161 e. The maximum absolute atomic E-state index is 10.9. The maximum atomic E-state index is 10.9. The second-order valence-corrected chi connectivity index (χ2v) is 2.94. The van der Waals surface area contributed by atoms with Crippen molar-refractivity contribution in [2.45, 2.75) is 6.92 Å². The molecule has 0 aliphatic heterocycles. The Bertz CT molecular complexity index is 304. The van der Waals surface area contributed by atoms with Gasteiger partial charge in [0.1, 0.15) is 0 Å². The minimum atomic E-state index is -0.0718. The summed E-state index contributed by atoms with van der Waals surface area (Å²) < 4.78 is 0. The van der Waals surface area contributed by atoms with Gasteiger partial charge in [-0.05, 0) is 19.1 Å². The Morgan fingerprint density at radius 2 is 1.85 bits per heavy atom. The number of hydrogen-bond donors (Lipinski definition) is 0. The summed E-state index contributed by atoms with van der Waals surface area (Å²) in [6, 6.07) is 5.00. The first-order chi connectivity index (χ1) is 5.13. The molecule has 5 heteroatoms. The van der Waals surface area contributed by atoms with Crippen LogP contribution in [0, 0.1) is 0 Å². The third-order valence-electron chi connectivity index (χ3n) is 1.33. The molecule has 13 heavy (non-hydrogen) atoms. The van der Waals surface area contributed by atoms with Crippen molar-refractivity contribution in [2.75, 3.05) is 0 Å². The van der Waals surface area contributed by atoms with Crippen LogP contribution >= 0.6 is 23.2 Å². The minimum Gasteiger partial charge on any atom is -0.294 e. The largest absolute Gasteiger partial charge is 0.294 e. The zero-order chi connectivity index (χ0) is 8.43. The van der Waals surface area contributed by atoms with Crippen molar-refractivity contribution < 1.29 is 37.5 Å². The van der Waals surface area contributed by atoms with Gasteiger partial charge in [-0.2, -0.15) is 0 Å². The summed E-state index contributed by atoms with van der Waals surface area (Å²) in [7, 11) is 0. The van der Waals surface area contributed by atoms with Crippen molar-refractivity contribution in [2.24, 2.45) is 0 Å². The molecule has 0 bridgehead atoms. The number of carbonyl (C=O) groups excluding carboxylic acids is 1. The minimum absolute atomic E-state index is 0. The van der Waals surface area contributed by atoms with Crippen LogP contribution in [0.4, 0.5) is 0 Å². The first-order valence-electron chi connectivity index (χ1n) is 3.08. The van der Waals surface area contributed by atoms with E-state index in [1.807, 2.05) is 0 Å². The van der Waals surface area contributed by atoms with Gasteiger partial charge >= 0.3 is 0 Å². The summed E-state index contributed by atoms with van der Waals surface area (Å²) in [5.41, 5.74) is 0.471. The van der Waals surface area contributed by atoms with Crippen molar-refractivity contribution in [3.05, 3.63) is 33.8 Å². The van der Waals surface area contributed by atoms with Crippen LogP contribution in [-0.4, -0.2) is 14.2 Å². The second kappa shape index (κ2) is 7.00. The molecule has 0 heterocycles. The van der Waals surface area contributed by atoms with E-state index in [9.17, 15) is 4.79 Å². The van der Waals surface area contributed by atoms with Crippen LogP contribution in [0.3, 0.4) is 0 Å². The van der Waals surface area contributed by atoms with E-state index in [2.05, 4.69) is 0 Å². The zero-order valence-electron chi connectivity index (χ0n) is 7.05. The molecule has 0 N–H and O–H groups in total. The van der Waals surface area contributed by atoms with Gasteiger partial charge in [-0.3, -0.25) is 4.79 Å². The van der Waals surface area contributed by atoms with Crippen LogP contribution in [-0.2, 0) is 32.7 Å². The molecule has 0 saturated carbocycles. The first-order valence-corrected chi connectivity index (χ1v) is 3.83. The molecule has 0 atom stereocenters. The molecule has 4 radical (unpaired) electrons. The number of benzene rings is 1. The van der Waals surface area contributed by atoms with Crippen LogP contribution in [0.2, 0.25) is 10.0 Å². The Morgan fingerprint density at radius 3 is 2.23 bits per heavy atom. The van der Waals surface area contributed by atoms with Gasteiger partial charge in [0.15, 0.2) is 5.78 Å². The van der Waals surface area contributed by atoms with Crippen molar-refractivity contribution in [1.82, 2.24) is 0 Å². The first kappa shape index (κ1) is 16.1. The van der Waals surface area contributed by atoms with Gasteiger partial charge in [0.25, 0.3) is 0 Å². The summed E-state index contributed by atoms with van der Waals surface area (Å²) in [4.78, 5) is 10.9. The van der Waals surface area contributed by atoms with Crippen LogP contribution < -0.4 is 0 Å². The summed E-state index contributed by atoms with van der Waals surface area (Å²) in [5.74, 6) is -0.0718. The van der Waals surface area contributed by atoms with Gasteiger partial charge in [0.2, 0.25) is 0 Å². The Labute approximate surface area is 115 Å². The van der Waals surface area contributed by atoms with Crippen LogP contribution in [0.5, 0.6) is 0 Å². The fraction of sp³-hybridized carbons (Fsp3) is 0.125. The van der Waals surface area contributed by atoms with E-state index >= 15 is 0 Å². The average molecular weight is 289 g/mol. The van der Waals surface area contributed by atoms with E-state index in [4.69, 9.17) is 23.2 Å². The smallest absolute Gasteiger partial charge is 0.161 e. The number of ketones is 1. The molecule has 0 spiro atoms. The Morgan fingerprint density at radius 1 is 1.31 bits per heavy atom. The van der Waals surface area contributed by atoms with Crippen LogP contribution in [0.15, 0.2) is 18.2 Å². The number of Topliss-reactive ketones (excluding diaryl/α,β-unsaturated/α-hetero) is 1. The molecule has 0 saturated heterocycles. The normalized spacial score (nSPS) is 8.23. The Balaban J connectivity index is 0. The third kappa shape index (κ3) is 4.12. The van der Waals surface area contributed by atoms with Crippen molar-refractivity contribution in [1.29, 1.82) is 0 Å². The molecule has 1 rings (SSSR count). The topological polar surface area (TPSA) is 17.1 Å². The Hall–Kier alpha value is 0.639. The second-order valence-electron chi connectivity index (χ2n) is 2.16. The SMILES string of the molecule is CC(=O)c1cccc(Cl)c1Cl.[B].[Y]. The van der Waals surface area contributed by atoms with E-state index in [1.54, 1.807) is 18.2 Å². The van der Waals surface area contributed by atoms with E-state index in [-0.39, 0.29) is 46.9 Å². The van der Waals surface area contributed by atoms with Crippen molar-refractivity contribution in [3.63, 3.8) is 0 Å². The molecule has 64 valence electrons. The third-order valence-corrected chi connectivity index (χ3v) is 2.15. The molecule has 1 nitrogen and oxygen atoms in total. The van der Waals surface area contributed by atoms with Gasteiger partial charge in [-0.25, -0.2) is 0 Å². The van der Waals surface area contributed by atoms with Gasteiger partial charge < -0.3 is 0 Å². The summed E-state index contributed by atoms with van der Waals surface area (Å²) in [6.07, 6.45) is 0. The monoisotopic (exact) mass is 288 g/mol. The quantitative estimate of drug-likeness (QED) is 0.574. The number of halogens is 2. The van der Waals surface area contributed by atoms with Crippen molar-refractivity contribution >= 4 is 37.4 Å². The summed E-state index contributed by atoms with van der Waals surface area (Å²) in [6.45, 7) is 1.46. The predicted molar refractivity (Wildman–Crippen MR) is 52.2 cm³/mol. The van der Waals surface area contributed by atoms with E-state index in [0.29, 0.717) is 15.6 Å². The molecule has 1 aromatic rings. The number of hydrogen-bond acceptors (Lipinski definition) is 1. The molecular weight excluding hydrogens is 283 g/mol. The molecular formula is C8H6BCl2OY. The van der Waals surface area contributed by atoms with Crippen molar-refractivity contribution in [3.8, 4) is 0 Å². The number of carbonyl (C=O) groups is 1. The van der Waals surface area contributed by atoms with Crippen LogP contribution in [0.25, 0.3) is 0 Å². The average Bonchev–Trinajstić information content (AvgIpc) is 1.94. The zero-order valence-corrected chi connectivity index (χ0v) is 11.4. The molecule has 0 aliphatic rings. The van der Waals surface area contributed by atoms with E-state index in [1.165, 1.54) is 6.92 Å². The standard InChI is InChI=1S/C8H6Cl2O.B.Y/c1-5(11)6-3-2-4-7(9)8(6)10;;/h2-4H,1H3;;. The predicted octanol–water partition coefficient (Wildman–Crippen LogP) is 2.81. The molecule has 0 fully saturated rings. The van der Waals surface area contributed by atoms with E-state index in [0.717, 1.165) is 0 Å². The summed E-state index contributed by atoms with van der Waals surface area (Å²) >= 11 is 11.4. The van der Waals surface area contributed by atoms with Gasteiger partial charge in [-0.1, -0.05) is 29.3 Å². The van der Waals surface area contributed by atoms with Crippen LogP contribution in [0.1, 0.15) is 17.3 Å². The fourth-order valence-electron chi connectivity index (χ4n) is 0.776. The molecule has 0 aliphatic carbocycles. The Kier molecular flexibility index (Phi) is 8.66. The molecule has 0 amide bonds. The molecule has 1 aromatic carbocycles. The molecule has 0 aromatic heterocycles. The number of rotatable bonds is 1. The molecule has 0 unspecified atom stereocenters. The fourth-order valence-corrected chi connectivity index (χ4v) is 1.21. The summed E-state index contributed by atoms with van der Waals surface area (Å²) in [5, 5.41) is 0.751. The van der Waals surface area contributed by atoms with Gasteiger partial charge in [-0.15, -0.1) is 0 Å². The van der Waals surface area contributed by atoms with E-state index < -0.39 is 0 Å². The van der Waals surface area contributed by atoms with Gasteiger partial charge in [0.05, 0.1) is 10.0 Å².